The van der Waals surface area contributed by atoms with Crippen molar-refractivity contribution in [2.24, 2.45) is 0 Å². The molecule has 0 radical (unpaired) electrons. The zero-order valence-electron chi connectivity index (χ0n) is 14.6. The summed E-state index contributed by atoms with van der Waals surface area (Å²) in [6.07, 6.45) is 3.50. The van der Waals surface area contributed by atoms with Crippen LogP contribution in [0.2, 0.25) is 0 Å². The summed E-state index contributed by atoms with van der Waals surface area (Å²) in [4.78, 5) is 12.2. The highest BCUT2D eigenvalue weighted by atomic mass is 16.2. The zero-order valence-corrected chi connectivity index (χ0v) is 14.6. The van der Waals surface area contributed by atoms with Gasteiger partial charge in [0.2, 0.25) is 0 Å². The van der Waals surface area contributed by atoms with Gasteiger partial charge in [0.25, 0.3) is 5.91 Å². The Morgan fingerprint density at radius 3 is 2.52 bits per heavy atom. The van der Waals surface area contributed by atoms with Gasteiger partial charge in [-0.1, -0.05) is 41.6 Å². The van der Waals surface area contributed by atoms with Gasteiger partial charge in [-0.25, -0.2) is 4.68 Å². The summed E-state index contributed by atoms with van der Waals surface area (Å²) in [7, 11) is 0. The van der Waals surface area contributed by atoms with Gasteiger partial charge in [-0.2, -0.15) is 0 Å². The largest absolute Gasteiger partial charge is 0.351 e. The molecule has 0 aliphatic carbocycles. The number of nitrogens with zero attached hydrogens (tertiary/aromatic N) is 3. The van der Waals surface area contributed by atoms with Crippen molar-refractivity contribution in [3.8, 4) is 5.69 Å². The molecule has 1 heterocycles. The van der Waals surface area contributed by atoms with Crippen molar-refractivity contribution >= 4 is 5.91 Å². The standard InChI is InChI=1S/C20H22N4O/c1-15-11-16(2)13-18(12-15)24-14-19(22-23-24)20(25)21-10-6-9-17-7-4-3-5-8-17/h3-5,7-8,11-14H,6,9-10H2,1-2H3,(H,21,25). The molecule has 25 heavy (non-hydrogen) atoms. The second-order valence-corrected chi connectivity index (χ2v) is 6.24. The van der Waals surface area contributed by atoms with Crippen molar-refractivity contribution < 1.29 is 4.79 Å². The third kappa shape index (κ3) is 4.53. The highest BCUT2D eigenvalue weighted by Gasteiger charge is 2.11. The summed E-state index contributed by atoms with van der Waals surface area (Å²) in [5.74, 6) is -0.191. The van der Waals surface area contributed by atoms with E-state index in [0.29, 0.717) is 12.2 Å². The van der Waals surface area contributed by atoms with Gasteiger partial charge in [0.1, 0.15) is 0 Å². The van der Waals surface area contributed by atoms with Gasteiger partial charge in [0, 0.05) is 6.54 Å². The minimum absolute atomic E-state index is 0.191. The Kier molecular flexibility index (Phi) is 5.23. The van der Waals surface area contributed by atoms with E-state index in [-0.39, 0.29) is 5.91 Å². The fourth-order valence-electron chi connectivity index (χ4n) is 2.81. The molecule has 5 nitrogen and oxygen atoms in total. The van der Waals surface area contributed by atoms with E-state index in [2.05, 4.69) is 33.8 Å². The molecule has 5 heteroatoms. The van der Waals surface area contributed by atoms with Crippen LogP contribution in [0.4, 0.5) is 0 Å². The predicted octanol–water partition coefficient (Wildman–Crippen LogP) is 3.25. The van der Waals surface area contributed by atoms with Crippen LogP contribution in [0.25, 0.3) is 5.69 Å². The van der Waals surface area contributed by atoms with E-state index in [4.69, 9.17) is 0 Å². The van der Waals surface area contributed by atoms with Gasteiger partial charge in [0.15, 0.2) is 5.69 Å². The molecule has 0 spiro atoms. The number of carbonyl (C=O) groups is 1. The Morgan fingerprint density at radius 2 is 1.80 bits per heavy atom. The summed E-state index contributed by atoms with van der Waals surface area (Å²) in [6, 6.07) is 16.4. The van der Waals surface area contributed by atoms with Crippen LogP contribution in [-0.2, 0) is 6.42 Å². The predicted molar refractivity (Wildman–Crippen MR) is 97.9 cm³/mol. The molecule has 0 aliphatic heterocycles. The van der Waals surface area contributed by atoms with E-state index in [0.717, 1.165) is 29.7 Å². The maximum Gasteiger partial charge on any atom is 0.273 e. The number of aromatic nitrogens is 3. The molecule has 0 bridgehead atoms. The van der Waals surface area contributed by atoms with Crippen molar-refractivity contribution in [1.29, 1.82) is 0 Å². The Morgan fingerprint density at radius 1 is 1.08 bits per heavy atom. The van der Waals surface area contributed by atoms with Crippen LogP contribution in [0.5, 0.6) is 0 Å². The number of benzene rings is 2. The van der Waals surface area contributed by atoms with Gasteiger partial charge < -0.3 is 5.32 Å². The van der Waals surface area contributed by atoms with Gasteiger partial charge in [0.05, 0.1) is 11.9 Å². The van der Waals surface area contributed by atoms with Crippen molar-refractivity contribution in [1.82, 2.24) is 20.3 Å². The maximum absolute atomic E-state index is 12.2. The molecule has 3 rings (SSSR count). The highest BCUT2D eigenvalue weighted by Crippen LogP contribution is 2.13. The summed E-state index contributed by atoms with van der Waals surface area (Å²) >= 11 is 0. The number of hydrogen-bond acceptors (Lipinski definition) is 3. The van der Waals surface area contributed by atoms with Crippen LogP contribution >= 0.6 is 0 Å². The summed E-state index contributed by atoms with van der Waals surface area (Å²) < 4.78 is 1.64. The van der Waals surface area contributed by atoms with Crippen LogP contribution in [0.3, 0.4) is 0 Å². The van der Waals surface area contributed by atoms with Crippen LogP contribution in [-0.4, -0.2) is 27.4 Å². The zero-order chi connectivity index (χ0) is 17.6. The molecule has 1 aromatic heterocycles. The second-order valence-electron chi connectivity index (χ2n) is 6.24. The number of aryl methyl sites for hydroxylation is 3. The number of amides is 1. The van der Waals surface area contributed by atoms with Gasteiger partial charge in [-0.15, -0.1) is 5.10 Å². The van der Waals surface area contributed by atoms with Gasteiger partial charge >= 0.3 is 0 Å². The van der Waals surface area contributed by atoms with Crippen molar-refractivity contribution in [2.45, 2.75) is 26.7 Å². The maximum atomic E-state index is 12.2. The summed E-state index contributed by atoms with van der Waals surface area (Å²) in [5, 5.41) is 11.0. The van der Waals surface area contributed by atoms with Gasteiger partial charge in [-0.05, 0) is 55.5 Å². The highest BCUT2D eigenvalue weighted by molar-refractivity contribution is 5.91. The molecule has 128 valence electrons. The Balaban J connectivity index is 1.55. The monoisotopic (exact) mass is 334 g/mol. The quantitative estimate of drug-likeness (QED) is 0.704. The van der Waals surface area contributed by atoms with E-state index in [9.17, 15) is 4.79 Å². The lowest BCUT2D eigenvalue weighted by atomic mass is 10.1. The van der Waals surface area contributed by atoms with Crippen LogP contribution in [0.1, 0.15) is 33.6 Å². The normalized spacial score (nSPS) is 10.6. The molecule has 0 atom stereocenters. The average molecular weight is 334 g/mol. The molecule has 0 saturated heterocycles. The van der Waals surface area contributed by atoms with Crippen LogP contribution < -0.4 is 5.32 Å². The number of hydrogen-bond donors (Lipinski definition) is 1. The van der Waals surface area contributed by atoms with Crippen molar-refractivity contribution in [2.75, 3.05) is 6.54 Å². The fraction of sp³-hybridized carbons (Fsp3) is 0.250. The number of nitrogens with one attached hydrogen (secondary N) is 1. The first-order chi connectivity index (χ1) is 12.1. The molecule has 0 saturated carbocycles. The van der Waals surface area contributed by atoms with Crippen molar-refractivity contribution in [3.63, 3.8) is 0 Å². The lowest BCUT2D eigenvalue weighted by Crippen LogP contribution is -2.25. The fourth-order valence-corrected chi connectivity index (χ4v) is 2.81. The van der Waals surface area contributed by atoms with E-state index >= 15 is 0 Å². The average Bonchev–Trinajstić information content (AvgIpc) is 3.09. The van der Waals surface area contributed by atoms with E-state index in [1.807, 2.05) is 44.2 Å². The topological polar surface area (TPSA) is 59.8 Å². The molecular formula is C20H22N4O. The number of rotatable bonds is 6. The minimum Gasteiger partial charge on any atom is -0.351 e. The lowest BCUT2D eigenvalue weighted by Gasteiger charge is -2.04. The van der Waals surface area contributed by atoms with E-state index in [1.54, 1.807) is 10.9 Å². The molecule has 2 aromatic carbocycles. The van der Waals surface area contributed by atoms with E-state index < -0.39 is 0 Å². The molecule has 1 N–H and O–H groups in total. The lowest BCUT2D eigenvalue weighted by molar-refractivity contribution is 0.0948. The first-order valence-electron chi connectivity index (χ1n) is 8.45. The van der Waals surface area contributed by atoms with Gasteiger partial charge in [-0.3, -0.25) is 4.79 Å². The molecule has 3 aromatic rings. The summed E-state index contributed by atoms with van der Waals surface area (Å²) in [5.41, 5.74) is 4.82. The molecule has 0 fully saturated rings. The number of carbonyl (C=O) groups excluding carboxylic acids is 1. The smallest absolute Gasteiger partial charge is 0.273 e. The first kappa shape index (κ1) is 16.9. The first-order valence-corrected chi connectivity index (χ1v) is 8.45. The van der Waals surface area contributed by atoms with Crippen molar-refractivity contribution in [3.05, 3.63) is 77.1 Å². The Labute approximate surface area is 147 Å². The second kappa shape index (κ2) is 7.75. The SMILES string of the molecule is Cc1cc(C)cc(-n2cc(C(=O)NCCCc3ccccc3)nn2)c1. The summed E-state index contributed by atoms with van der Waals surface area (Å²) in [6.45, 7) is 4.69. The van der Waals surface area contributed by atoms with Crippen LogP contribution in [0, 0.1) is 13.8 Å². The Bertz CT molecular complexity index is 835. The molecule has 0 aliphatic rings. The third-order valence-electron chi connectivity index (χ3n) is 3.97. The third-order valence-corrected chi connectivity index (χ3v) is 3.97. The molecule has 0 unspecified atom stereocenters. The Hall–Kier alpha value is -2.95. The minimum atomic E-state index is -0.191. The molecular weight excluding hydrogens is 312 g/mol. The van der Waals surface area contributed by atoms with E-state index in [1.165, 1.54) is 5.56 Å². The molecule has 1 amide bonds. The van der Waals surface area contributed by atoms with Crippen LogP contribution in [0.15, 0.2) is 54.7 Å².